The Morgan fingerprint density at radius 1 is 1.38 bits per heavy atom. The Morgan fingerprint density at radius 3 is 2.56 bits per heavy atom. The molecule has 0 aromatic heterocycles. The summed E-state index contributed by atoms with van der Waals surface area (Å²) < 4.78 is 5.83. The molecule has 16 heavy (non-hydrogen) atoms. The van der Waals surface area contributed by atoms with Crippen LogP contribution in [-0.4, -0.2) is 26.3 Å². The first-order valence-electron chi connectivity index (χ1n) is 6.84. The zero-order chi connectivity index (χ0) is 12.0. The van der Waals surface area contributed by atoms with Crippen LogP contribution in [0.3, 0.4) is 0 Å². The van der Waals surface area contributed by atoms with Gasteiger partial charge in [0.1, 0.15) is 0 Å². The van der Waals surface area contributed by atoms with Crippen molar-refractivity contribution in [3.05, 3.63) is 0 Å². The first-order chi connectivity index (χ1) is 7.56. The molecule has 0 bridgehead atoms. The second-order valence-electron chi connectivity index (χ2n) is 6.15. The van der Waals surface area contributed by atoms with Crippen LogP contribution < -0.4 is 5.32 Å². The van der Waals surface area contributed by atoms with E-state index < -0.39 is 0 Å². The van der Waals surface area contributed by atoms with E-state index in [9.17, 15) is 0 Å². The average Bonchev–Trinajstić information content (AvgIpc) is 3.01. The minimum absolute atomic E-state index is 0.309. The van der Waals surface area contributed by atoms with Gasteiger partial charge in [0.05, 0.1) is 6.61 Å². The van der Waals surface area contributed by atoms with Crippen molar-refractivity contribution in [1.29, 1.82) is 0 Å². The molecule has 0 saturated heterocycles. The summed E-state index contributed by atoms with van der Waals surface area (Å²) >= 11 is 0. The minimum atomic E-state index is 0.309. The lowest BCUT2D eigenvalue weighted by atomic mass is 9.88. The van der Waals surface area contributed by atoms with Crippen molar-refractivity contribution in [1.82, 2.24) is 5.32 Å². The van der Waals surface area contributed by atoms with Crippen LogP contribution in [0.5, 0.6) is 0 Å². The van der Waals surface area contributed by atoms with Gasteiger partial charge in [0.15, 0.2) is 0 Å². The summed E-state index contributed by atoms with van der Waals surface area (Å²) in [5.41, 5.74) is 0.309. The van der Waals surface area contributed by atoms with E-state index in [-0.39, 0.29) is 0 Å². The Morgan fingerprint density at radius 2 is 2.06 bits per heavy atom. The molecule has 2 heteroatoms. The lowest BCUT2D eigenvalue weighted by Gasteiger charge is -2.29. The minimum Gasteiger partial charge on any atom is -0.381 e. The first-order valence-corrected chi connectivity index (χ1v) is 6.84. The highest BCUT2D eigenvalue weighted by molar-refractivity contribution is 4.77. The summed E-state index contributed by atoms with van der Waals surface area (Å²) in [4.78, 5) is 0. The number of ether oxygens (including phenoxy) is 1. The Balaban J connectivity index is 2.13. The summed E-state index contributed by atoms with van der Waals surface area (Å²) in [6, 6.07) is 0. The maximum Gasteiger partial charge on any atom is 0.0531 e. The Bertz CT molecular complexity index is 179. The fraction of sp³-hybridized carbons (Fsp3) is 1.00. The second-order valence-corrected chi connectivity index (χ2v) is 6.15. The van der Waals surface area contributed by atoms with E-state index in [2.05, 4.69) is 33.0 Å². The van der Waals surface area contributed by atoms with Gasteiger partial charge in [0, 0.05) is 18.6 Å². The predicted octanol–water partition coefficient (Wildman–Crippen LogP) is 3.07. The standard InChI is InChI=1S/C14H29NO/c1-5-14(4,10-15-8-12(2)3)11-16-9-13-6-7-13/h12-13,15H,5-11H2,1-4H3. The van der Waals surface area contributed by atoms with Gasteiger partial charge in [-0.1, -0.05) is 27.7 Å². The van der Waals surface area contributed by atoms with Gasteiger partial charge < -0.3 is 10.1 Å². The number of hydrogen-bond donors (Lipinski definition) is 1. The molecule has 0 aromatic rings. The Hall–Kier alpha value is -0.0800. The highest BCUT2D eigenvalue weighted by atomic mass is 16.5. The van der Waals surface area contributed by atoms with Gasteiger partial charge in [-0.3, -0.25) is 0 Å². The van der Waals surface area contributed by atoms with E-state index >= 15 is 0 Å². The monoisotopic (exact) mass is 227 g/mol. The van der Waals surface area contributed by atoms with Gasteiger partial charge in [-0.15, -0.1) is 0 Å². The maximum atomic E-state index is 5.83. The van der Waals surface area contributed by atoms with E-state index in [0.717, 1.165) is 38.1 Å². The molecule has 1 rings (SSSR count). The van der Waals surface area contributed by atoms with E-state index in [1.165, 1.54) is 19.3 Å². The van der Waals surface area contributed by atoms with Gasteiger partial charge in [0.2, 0.25) is 0 Å². The Labute approximate surface area is 101 Å². The molecule has 1 saturated carbocycles. The summed E-state index contributed by atoms with van der Waals surface area (Å²) in [7, 11) is 0. The van der Waals surface area contributed by atoms with Crippen molar-refractivity contribution in [2.24, 2.45) is 17.3 Å². The van der Waals surface area contributed by atoms with Crippen LogP contribution in [0.4, 0.5) is 0 Å². The molecule has 0 aromatic carbocycles. The lowest BCUT2D eigenvalue weighted by Crippen LogP contribution is -2.37. The van der Waals surface area contributed by atoms with E-state index in [1.54, 1.807) is 0 Å². The van der Waals surface area contributed by atoms with Crippen LogP contribution in [0.1, 0.15) is 47.0 Å². The summed E-state index contributed by atoms with van der Waals surface area (Å²) in [6.45, 7) is 13.2. The second kappa shape index (κ2) is 6.61. The molecular formula is C14H29NO. The molecule has 1 aliphatic rings. The number of rotatable bonds is 9. The molecule has 0 radical (unpaired) electrons. The SMILES string of the molecule is CCC(C)(CNCC(C)C)COCC1CC1. The molecule has 0 heterocycles. The average molecular weight is 227 g/mol. The molecule has 96 valence electrons. The normalized spacial score (nSPS) is 20.1. The Kier molecular flexibility index (Phi) is 5.77. The topological polar surface area (TPSA) is 21.3 Å². The molecule has 1 unspecified atom stereocenters. The van der Waals surface area contributed by atoms with Gasteiger partial charge in [-0.2, -0.15) is 0 Å². The third-order valence-corrected chi connectivity index (χ3v) is 3.46. The number of nitrogens with one attached hydrogen (secondary N) is 1. The molecular weight excluding hydrogens is 198 g/mol. The number of hydrogen-bond acceptors (Lipinski definition) is 2. The fourth-order valence-electron chi connectivity index (χ4n) is 1.70. The molecule has 1 fully saturated rings. The van der Waals surface area contributed by atoms with Crippen LogP contribution in [0.2, 0.25) is 0 Å². The summed E-state index contributed by atoms with van der Waals surface area (Å²) in [5, 5.41) is 3.55. The summed E-state index contributed by atoms with van der Waals surface area (Å²) in [6.07, 6.45) is 3.95. The third-order valence-electron chi connectivity index (χ3n) is 3.46. The zero-order valence-corrected chi connectivity index (χ0v) is 11.5. The predicted molar refractivity (Wildman–Crippen MR) is 69.6 cm³/mol. The summed E-state index contributed by atoms with van der Waals surface area (Å²) in [5.74, 6) is 1.61. The van der Waals surface area contributed by atoms with Crippen LogP contribution in [0, 0.1) is 17.3 Å². The largest absolute Gasteiger partial charge is 0.381 e. The van der Waals surface area contributed by atoms with Crippen LogP contribution >= 0.6 is 0 Å². The van der Waals surface area contributed by atoms with Gasteiger partial charge >= 0.3 is 0 Å². The van der Waals surface area contributed by atoms with Crippen molar-refractivity contribution in [3.63, 3.8) is 0 Å². The highest BCUT2D eigenvalue weighted by Gasteiger charge is 2.25. The molecule has 0 aliphatic heterocycles. The smallest absolute Gasteiger partial charge is 0.0531 e. The molecule has 1 aliphatic carbocycles. The van der Waals surface area contributed by atoms with Crippen molar-refractivity contribution < 1.29 is 4.74 Å². The van der Waals surface area contributed by atoms with E-state index in [1.807, 2.05) is 0 Å². The van der Waals surface area contributed by atoms with E-state index in [0.29, 0.717) is 5.41 Å². The van der Waals surface area contributed by atoms with Crippen molar-refractivity contribution in [2.75, 3.05) is 26.3 Å². The van der Waals surface area contributed by atoms with Crippen molar-refractivity contribution in [3.8, 4) is 0 Å². The van der Waals surface area contributed by atoms with Gasteiger partial charge in [-0.05, 0) is 37.6 Å². The van der Waals surface area contributed by atoms with Gasteiger partial charge in [0.25, 0.3) is 0 Å². The van der Waals surface area contributed by atoms with Crippen LogP contribution in [0.25, 0.3) is 0 Å². The van der Waals surface area contributed by atoms with Crippen molar-refractivity contribution >= 4 is 0 Å². The quantitative estimate of drug-likeness (QED) is 0.653. The zero-order valence-electron chi connectivity index (χ0n) is 11.5. The molecule has 0 spiro atoms. The van der Waals surface area contributed by atoms with Gasteiger partial charge in [-0.25, -0.2) is 0 Å². The van der Waals surface area contributed by atoms with Crippen LogP contribution in [0.15, 0.2) is 0 Å². The maximum absolute atomic E-state index is 5.83. The van der Waals surface area contributed by atoms with E-state index in [4.69, 9.17) is 4.74 Å². The first kappa shape index (κ1) is 14.0. The highest BCUT2D eigenvalue weighted by Crippen LogP contribution is 2.30. The van der Waals surface area contributed by atoms with Crippen LogP contribution in [-0.2, 0) is 4.74 Å². The lowest BCUT2D eigenvalue weighted by molar-refractivity contribution is 0.0442. The molecule has 2 nitrogen and oxygen atoms in total. The fourth-order valence-corrected chi connectivity index (χ4v) is 1.70. The molecule has 1 N–H and O–H groups in total. The van der Waals surface area contributed by atoms with Crippen molar-refractivity contribution in [2.45, 2.75) is 47.0 Å². The third kappa shape index (κ3) is 5.86. The molecule has 0 amide bonds. The molecule has 1 atom stereocenters.